The summed E-state index contributed by atoms with van der Waals surface area (Å²) < 4.78 is 0. The van der Waals surface area contributed by atoms with Crippen LogP contribution in [0.4, 0.5) is 5.69 Å². The maximum Gasteiger partial charge on any atom is 0.251 e. The third kappa shape index (κ3) is 3.63. The van der Waals surface area contributed by atoms with Gasteiger partial charge in [-0.25, -0.2) is 0 Å². The van der Waals surface area contributed by atoms with Crippen molar-refractivity contribution in [1.82, 2.24) is 10.6 Å². The predicted octanol–water partition coefficient (Wildman–Crippen LogP) is 1.18. The van der Waals surface area contributed by atoms with Crippen LogP contribution in [0.3, 0.4) is 0 Å². The fourth-order valence-electron chi connectivity index (χ4n) is 1.36. The number of nitrogens with one attached hydrogen (secondary N) is 2. The molecule has 1 unspecified atom stereocenters. The lowest BCUT2D eigenvalue weighted by atomic mass is 10.1. The molecule has 0 aliphatic heterocycles. The van der Waals surface area contributed by atoms with Crippen molar-refractivity contribution < 1.29 is 9.59 Å². The summed E-state index contributed by atoms with van der Waals surface area (Å²) in [6.07, 6.45) is 0. The standard InChI is InChI=1S/C12H16ClN3O2/c1-3-15-11(17)7(2)16-12(18)8-4-5-9(13)10(14)6-8/h4-7H,3,14H2,1-2H3,(H,15,17)(H,16,18). The van der Waals surface area contributed by atoms with Crippen LogP contribution in [0.2, 0.25) is 5.02 Å². The van der Waals surface area contributed by atoms with Crippen molar-refractivity contribution in [2.75, 3.05) is 12.3 Å². The highest BCUT2D eigenvalue weighted by Gasteiger charge is 2.16. The van der Waals surface area contributed by atoms with E-state index in [2.05, 4.69) is 10.6 Å². The van der Waals surface area contributed by atoms with E-state index < -0.39 is 6.04 Å². The molecule has 6 heteroatoms. The second kappa shape index (κ2) is 6.26. The molecular formula is C12H16ClN3O2. The number of nitrogens with two attached hydrogens (primary N) is 1. The second-order valence-corrected chi connectivity index (χ2v) is 4.23. The molecule has 0 heterocycles. The van der Waals surface area contributed by atoms with Crippen LogP contribution in [0.25, 0.3) is 0 Å². The Labute approximate surface area is 111 Å². The van der Waals surface area contributed by atoms with Gasteiger partial charge in [0.25, 0.3) is 5.91 Å². The molecule has 1 rings (SSSR count). The molecule has 5 nitrogen and oxygen atoms in total. The summed E-state index contributed by atoms with van der Waals surface area (Å²) in [5.41, 5.74) is 6.30. The van der Waals surface area contributed by atoms with Gasteiger partial charge in [0.1, 0.15) is 6.04 Å². The van der Waals surface area contributed by atoms with Crippen molar-refractivity contribution in [3.05, 3.63) is 28.8 Å². The average Bonchev–Trinajstić information content (AvgIpc) is 2.32. The molecule has 1 aromatic rings. The summed E-state index contributed by atoms with van der Waals surface area (Å²) >= 11 is 5.76. The third-order valence-electron chi connectivity index (χ3n) is 2.35. The summed E-state index contributed by atoms with van der Waals surface area (Å²) in [7, 11) is 0. The quantitative estimate of drug-likeness (QED) is 0.718. The number of hydrogen-bond donors (Lipinski definition) is 3. The monoisotopic (exact) mass is 269 g/mol. The molecule has 0 fully saturated rings. The summed E-state index contributed by atoms with van der Waals surface area (Å²) in [6, 6.07) is 3.97. The molecule has 0 spiro atoms. The van der Waals surface area contributed by atoms with Crippen molar-refractivity contribution >= 4 is 29.1 Å². The highest BCUT2D eigenvalue weighted by atomic mass is 35.5. The van der Waals surface area contributed by atoms with Gasteiger partial charge in [0.05, 0.1) is 10.7 Å². The van der Waals surface area contributed by atoms with E-state index in [-0.39, 0.29) is 11.8 Å². The minimum atomic E-state index is -0.602. The van der Waals surface area contributed by atoms with E-state index in [1.165, 1.54) is 6.07 Å². The number of hydrogen-bond acceptors (Lipinski definition) is 3. The van der Waals surface area contributed by atoms with Crippen LogP contribution in [0.5, 0.6) is 0 Å². The molecule has 0 saturated heterocycles. The Kier molecular flexibility index (Phi) is 4.97. The van der Waals surface area contributed by atoms with E-state index >= 15 is 0 Å². The zero-order chi connectivity index (χ0) is 13.7. The first-order valence-electron chi connectivity index (χ1n) is 5.59. The molecular weight excluding hydrogens is 254 g/mol. The van der Waals surface area contributed by atoms with Gasteiger partial charge in [-0.2, -0.15) is 0 Å². The van der Waals surface area contributed by atoms with Crippen LogP contribution in [0.15, 0.2) is 18.2 Å². The fraction of sp³-hybridized carbons (Fsp3) is 0.333. The first kappa shape index (κ1) is 14.3. The number of carbonyl (C=O) groups excluding carboxylic acids is 2. The fourth-order valence-corrected chi connectivity index (χ4v) is 1.48. The summed E-state index contributed by atoms with van der Waals surface area (Å²) in [6.45, 7) is 3.95. The molecule has 0 bridgehead atoms. The van der Waals surface area contributed by atoms with Gasteiger partial charge in [-0.1, -0.05) is 11.6 Å². The lowest BCUT2D eigenvalue weighted by Gasteiger charge is -2.13. The van der Waals surface area contributed by atoms with E-state index in [1.807, 2.05) is 6.92 Å². The lowest BCUT2D eigenvalue weighted by Crippen LogP contribution is -2.44. The van der Waals surface area contributed by atoms with Crippen molar-refractivity contribution in [3.8, 4) is 0 Å². The van der Waals surface area contributed by atoms with Gasteiger partial charge in [0.2, 0.25) is 5.91 Å². The Bertz CT molecular complexity index is 463. The molecule has 18 heavy (non-hydrogen) atoms. The van der Waals surface area contributed by atoms with Crippen LogP contribution >= 0.6 is 11.6 Å². The normalized spacial score (nSPS) is 11.7. The van der Waals surface area contributed by atoms with Crippen LogP contribution in [0, 0.1) is 0 Å². The smallest absolute Gasteiger partial charge is 0.251 e. The predicted molar refractivity (Wildman–Crippen MR) is 71.5 cm³/mol. The van der Waals surface area contributed by atoms with Crippen LogP contribution < -0.4 is 16.4 Å². The summed E-state index contributed by atoms with van der Waals surface area (Å²) in [5.74, 6) is -0.593. The lowest BCUT2D eigenvalue weighted by molar-refractivity contribution is -0.122. The number of halogens is 1. The van der Waals surface area contributed by atoms with E-state index in [0.29, 0.717) is 22.8 Å². The molecule has 0 saturated carbocycles. The molecule has 4 N–H and O–H groups in total. The third-order valence-corrected chi connectivity index (χ3v) is 2.69. The second-order valence-electron chi connectivity index (χ2n) is 3.83. The Morgan fingerprint density at radius 1 is 1.44 bits per heavy atom. The van der Waals surface area contributed by atoms with Crippen molar-refractivity contribution in [1.29, 1.82) is 0 Å². The molecule has 0 aliphatic carbocycles. The van der Waals surface area contributed by atoms with Gasteiger partial charge in [-0.3, -0.25) is 9.59 Å². The van der Waals surface area contributed by atoms with Crippen molar-refractivity contribution in [2.45, 2.75) is 19.9 Å². The maximum atomic E-state index is 11.8. The zero-order valence-electron chi connectivity index (χ0n) is 10.3. The largest absolute Gasteiger partial charge is 0.398 e. The van der Waals surface area contributed by atoms with Gasteiger partial charge in [0, 0.05) is 12.1 Å². The van der Waals surface area contributed by atoms with Crippen molar-refractivity contribution in [2.24, 2.45) is 0 Å². The Balaban J connectivity index is 2.70. The topological polar surface area (TPSA) is 84.2 Å². The van der Waals surface area contributed by atoms with Crippen LogP contribution in [-0.4, -0.2) is 24.4 Å². The van der Waals surface area contributed by atoms with Crippen LogP contribution in [0.1, 0.15) is 24.2 Å². The molecule has 2 amide bonds. The number of likely N-dealkylation sites (N-methyl/N-ethyl adjacent to an activating group) is 1. The number of anilines is 1. The number of benzene rings is 1. The van der Waals surface area contributed by atoms with Crippen molar-refractivity contribution in [3.63, 3.8) is 0 Å². The van der Waals surface area contributed by atoms with Gasteiger partial charge in [-0.15, -0.1) is 0 Å². The molecule has 98 valence electrons. The van der Waals surface area contributed by atoms with Gasteiger partial charge in [0.15, 0.2) is 0 Å². The minimum Gasteiger partial charge on any atom is -0.398 e. The zero-order valence-corrected chi connectivity index (χ0v) is 11.0. The molecule has 0 aromatic heterocycles. The van der Waals surface area contributed by atoms with Gasteiger partial charge >= 0.3 is 0 Å². The number of amides is 2. The van der Waals surface area contributed by atoms with E-state index in [0.717, 1.165) is 0 Å². The number of carbonyl (C=O) groups is 2. The Morgan fingerprint density at radius 3 is 2.67 bits per heavy atom. The highest BCUT2D eigenvalue weighted by molar-refractivity contribution is 6.33. The first-order valence-corrected chi connectivity index (χ1v) is 5.97. The Hall–Kier alpha value is -1.75. The molecule has 0 radical (unpaired) electrons. The maximum absolute atomic E-state index is 11.8. The van der Waals surface area contributed by atoms with Crippen LogP contribution in [-0.2, 0) is 4.79 Å². The summed E-state index contributed by atoms with van der Waals surface area (Å²) in [4.78, 5) is 23.3. The minimum absolute atomic E-state index is 0.229. The number of nitrogen functional groups attached to an aromatic ring is 1. The Morgan fingerprint density at radius 2 is 2.11 bits per heavy atom. The average molecular weight is 270 g/mol. The first-order chi connectivity index (χ1) is 8.45. The van der Waals surface area contributed by atoms with Gasteiger partial charge < -0.3 is 16.4 Å². The molecule has 1 atom stereocenters. The summed E-state index contributed by atoms with van der Waals surface area (Å²) in [5, 5.41) is 5.59. The highest BCUT2D eigenvalue weighted by Crippen LogP contribution is 2.19. The molecule has 0 aliphatic rings. The molecule has 1 aromatic carbocycles. The number of rotatable bonds is 4. The van der Waals surface area contributed by atoms with E-state index in [1.54, 1.807) is 19.1 Å². The SMILES string of the molecule is CCNC(=O)C(C)NC(=O)c1ccc(Cl)c(N)c1. The van der Waals surface area contributed by atoms with Gasteiger partial charge in [-0.05, 0) is 32.0 Å². The van der Waals surface area contributed by atoms with E-state index in [9.17, 15) is 9.59 Å². The van der Waals surface area contributed by atoms with E-state index in [4.69, 9.17) is 17.3 Å².